The molecule has 1 aromatic carbocycles. The first-order valence-corrected chi connectivity index (χ1v) is 7.18. The maximum absolute atomic E-state index is 12.5. The molecule has 0 atom stereocenters. The number of fused-ring (bicyclic) bond motifs is 1. The lowest BCUT2D eigenvalue weighted by Crippen LogP contribution is -2.22. The van der Waals surface area contributed by atoms with E-state index in [4.69, 9.17) is 4.74 Å². The minimum Gasteiger partial charge on any atom is -0.497 e. The molecule has 0 fully saturated rings. The summed E-state index contributed by atoms with van der Waals surface area (Å²) in [5.74, 6) is 0.787. The summed E-state index contributed by atoms with van der Waals surface area (Å²) < 4.78 is 8.79. The molecule has 5 heteroatoms. The van der Waals surface area contributed by atoms with Crippen LogP contribution < -0.4 is 10.3 Å². The van der Waals surface area contributed by atoms with E-state index in [0.717, 1.165) is 33.6 Å². The van der Waals surface area contributed by atoms with Crippen LogP contribution >= 0.6 is 0 Å². The molecule has 0 spiro atoms. The van der Waals surface area contributed by atoms with Crippen molar-refractivity contribution in [3.05, 3.63) is 57.5 Å². The van der Waals surface area contributed by atoms with Gasteiger partial charge in [-0.05, 0) is 37.1 Å². The average Bonchev–Trinajstić information content (AvgIpc) is 2.79. The summed E-state index contributed by atoms with van der Waals surface area (Å²) in [6.07, 6.45) is 0. The molecule has 0 aliphatic carbocycles. The van der Waals surface area contributed by atoms with Crippen LogP contribution in [-0.2, 0) is 13.6 Å². The molecule has 3 aromatic rings. The standard InChI is InChI=1S/C17H19N3O2/c1-11-8-15(21)20(17-16(11)12(2)18-19(17)3)10-13-6-5-7-14(9-13)22-4/h5-9H,10H2,1-4H3. The fourth-order valence-electron chi connectivity index (χ4n) is 2.96. The van der Waals surface area contributed by atoms with Gasteiger partial charge in [0.15, 0.2) is 0 Å². The van der Waals surface area contributed by atoms with Crippen LogP contribution in [0.1, 0.15) is 16.8 Å². The van der Waals surface area contributed by atoms with Gasteiger partial charge in [-0.15, -0.1) is 0 Å². The Kier molecular flexibility index (Phi) is 3.48. The van der Waals surface area contributed by atoms with Crippen molar-refractivity contribution in [2.75, 3.05) is 7.11 Å². The first-order valence-electron chi connectivity index (χ1n) is 7.18. The van der Waals surface area contributed by atoms with Gasteiger partial charge in [0, 0.05) is 18.5 Å². The number of aryl methyl sites for hydroxylation is 3. The highest BCUT2D eigenvalue weighted by Gasteiger charge is 2.14. The van der Waals surface area contributed by atoms with Crippen molar-refractivity contribution in [1.82, 2.24) is 14.3 Å². The maximum atomic E-state index is 12.5. The van der Waals surface area contributed by atoms with E-state index >= 15 is 0 Å². The van der Waals surface area contributed by atoms with Crippen LogP contribution in [0, 0.1) is 13.8 Å². The van der Waals surface area contributed by atoms with Crippen molar-refractivity contribution >= 4 is 11.0 Å². The van der Waals surface area contributed by atoms with E-state index in [1.165, 1.54) is 0 Å². The van der Waals surface area contributed by atoms with E-state index in [2.05, 4.69) is 5.10 Å². The first-order chi connectivity index (χ1) is 10.5. The third kappa shape index (κ3) is 2.28. The summed E-state index contributed by atoms with van der Waals surface area (Å²) in [5, 5.41) is 5.51. The first kappa shape index (κ1) is 14.4. The van der Waals surface area contributed by atoms with E-state index in [0.29, 0.717) is 6.54 Å². The third-order valence-electron chi connectivity index (χ3n) is 3.92. The monoisotopic (exact) mass is 297 g/mol. The molecular formula is C17H19N3O2. The molecule has 0 radical (unpaired) electrons. The number of pyridine rings is 1. The van der Waals surface area contributed by atoms with Crippen LogP contribution in [0.15, 0.2) is 35.1 Å². The van der Waals surface area contributed by atoms with Crippen molar-refractivity contribution in [2.24, 2.45) is 7.05 Å². The van der Waals surface area contributed by atoms with Crippen molar-refractivity contribution in [1.29, 1.82) is 0 Å². The molecule has 2 aromatic heterocycles. The van der Waals surface area contributed by atoms with Crippen LogP contribution in [0.2, 0.25) is 0 Å². The van der Waals surface area contributed by atoms with Gasteiger partial charge in [-0.25, -0.2) is 0 Å². The van der Waals surface area contributed by atoms with Crippen LogP contribution in [-0.4, -0.2) is 21.5 Å². The lowest BCUT2D eigenvalue weighted by atomic mass is 10.1. The molecular weight excluding hydrogens is 278 g/mol. The molecule has 22 heavy (non-hydrogen) atoms. The highest BCUT2D eigenvalue weighted by Crippen LogP contribution is 2.21. The largest absolute Gasteiger partial charge is 0.497 e. The summed E-state index contributed by atoms with van der Waals surface area (Å²) in [6.45, 7) is 4.41. The van der Waals surface area contributed by atoms with E-state index in [1.54, 1.807) is 22.4 Å². The Morgan fingerprint density at radius 1 is 1.23 bits per heavy atom. The summed E-state index contributed by atoms with van der Waals surface area (Å²) in [6, 6.07) is 9.44. The SMILES string of the molecule is COc1cccc(Cn2c(=O)cc(C)c3c(C)nn(C)c32)c1. The number of benzene rings is 1. The Labute approximate surface area is 128 Å². The molecule has 0 aliphatic rings. The fourth-order valence-corrected chi connectivity index (χ4v) is 2.96. The quantitative estimate of drug-likeness (QED) is 0.746. The molecule has 2 heterocycles. The predicted molar refractivity (Wildman–Crippen MR) is 86.5 cm³/mol. The van der Waals surface area contributed by atoms with Crippen LogP contribution in [0.3, 0.4) is 0 Å². The normalized spacial score (nSPS) is 11.1. The van der Waals surface area contributed by atoms with Crippen molar-refractivity contribution in [3.8, 4) is 5.75 Å². The lowest BCUT2D eigenvalue weighted by molar-refractivity contribution is 0.414. The van der Waals surface area contributed by atoms with Crippen LogP contribution in [0.5, 0.6) is 5.75 Å². The van der Waals surface area contributed by atoms with E-state index in [1.807, 2.05) is 45.2 Å². The highest BCUT2D eigenvalue weighted by atomic mass is 16.5. The number of aromatic nitrogens is 3. The molecule has 5 nitrogen and oxygen atoms in total. The minimum atomic E-state index is -0.0178. The summed E-state index contributed by atoms with van der Waals surface area (Å²) in [7, 11) is 3.51. The van der Waals surface area contributed by atoms with Gasteiger partial charge in [0.1, 0.15) is 11.4 Å². The molecule has 0 aliphatic heterocycles. The lowest BCUT2D eigenvalue weighted by Gasteiger charge is -2.11. The fraction of sp³-hybridized carbons (Fsp3) is 0.294. The van der Waals surface area contributed by atoms with Gasteiger partial charge in [0.25, 0.3) is 5.56 Å². The second-order valence-electron chi connectivity index (χ2n) is 5.51. The molecule has 3 rings (SSSR count). The minimum absolute atomic E-state index is 0.0178. The number of ether oxygens (including phenoxy) is 1. The zero-order valence-corrected chi connectivity index (χ0v) is 13.3. The summed E-state index contributed by atoms with van der Waals surface area (Å²) in [5.41, 5.74) is 3.76. The van der Waals surface area contributed by atoms with Gasteiger partial charge < -0.3 is 4.74 Å². The zero-order chi connectivity index (χ0) is 15.9. The van der Waals surface area contributed by atoms with Crippen molar-refractivity contribution in [3.63, 3.8) is 0 Å². The Bertz CT molecular complexity index is 906. The molecule has 0 saturated heterocycles. The third-order valence-corrected chi connectivity index (χ3v) is 3.92. The van der Waals surface area contributed by atoms with Gasteiger partial charge in [-0.3, -0.25) is 14.0 Å². The van der Waals surface area contributed by atoms with E-state index < -0.39 is 0 Å². The Balaban J connectivity index is 2.20. The topological polar surface area (TPSA) is 49.1 Å². The number of methoxy groups -OCH3 is 1. The van der Waals surface area contributed by atoms with Crippen LogP contribution in [0.25, 0.3) is 11.0 Å². The van der Waals surface area contributed by atoms with E-state index in [-0.39, 0.29) is 5.56 Å². The number of hydrogen-bond donors (Lipinski definition) is 0. The number of hydrogen-bond acceptors (Lipinski definition) is 3. The molecule has 114 valence electrons. The average molecular weight is 297 g/mol. The van der Waals surface area contributed by atoms with Gasteiger partial charge in [-0.1, -0.05) is 12.1 Å². The van der Waals surface area contributed by atoms with Gasteiger partial charge >= 0.3 is 0 Å². The van der Waals surface area contributed by atoms with Gasteiger partial charge in [0.05, 0.1) is 19.3 Å². The molecule has 0 bridgehead atoms. The molecule has 0 N–H and O–H groups in total. The van der Waals surface area contributed by atoms with Crippen molar-refractivity contribution < 1.29 is 4.74 Å². The summed E-state index contributed by atoms with van der Waals surface area (Å²) >= 11 is 0. The van der Waals surface area contributed by atoms with E-state index in [9.17, 15) is 4.79 Å². The maximum Gasteiger partial charge on any atom is 0.252 e. The predicted octanol–water partition coefficient (Wildman–Crippen LogP) is 2.41. The zero-order valence-electron chi connectivity index (χ0n) is 13.3. The Morgan fingerprint density at radius 3 is 2.73 bits per heavy atom. The van der Waals surface area contributed by atoms with Crippen molar-refractivity contribution in [2.45, 2.75) is 20.4 Å². The Morgan fingerprint density at radius 2 is 2.00 bits per heavy atom. The second-order valence-corrected chi connectivity index (χ2v) is 5.51. The highest BCUT2D eigenvalue weighted by molar-refractivity contribution is 5.82. The van der Waals surface area contributed by atoms with Gasteiger partial charge in [0.2, 0.25) is 0 Å². The van der Waals surface area contributed by atoms with Crippen LogP contribution in [0.4, 0.5) is 0 Å². The second kappa shape index (κ2) is 5.33. The molecule has 0 unspecified atom stereocenters. The number of rotatable bonds is 3. The molecule has 0 amide bonds. The smallest absolute Gasteiger partial charge is 0.252 e. The Hall–Kier alpha value is -2.56. The summed E-state index contributed by atoms with van der Waals surface area (Å²) in [4.78, 5) is 12.5. The molecule has 0 saturated carbocycles. The van der Waals surface area contributed by atoms with Gasteiger partial charge in [-0.2, -0.15) is 5.10 Å². The number of nitrogens with zero attached hydrogens (tertiary/aromatic N) is 3.